The molecule has 1 fully saturated rings. The Kier molecular flexibility index (Phi) is 6.50. The van der Waals surface area contributed by atoms with Crippen LogP contribution in [0.1, 0.15) is 41.7 Å². The van der Waals surface area contributed by atoms with E-state index in [9.17, 15) is 13.5 Å². The lowest BCUT2D eigenvalue weighted by Gasteiger charge is -2.20. The zero-order valence-electron chi connectivity index (χ0n) is 17.5. The minimum atomic E-state index is -3.56. The lowest BCUT2D eigenvalue weighted by molar-refractivity contribution is 0.172. The molecule has 164 valence electrons. The van der Waals surface area contributed by atoms with Gasteiger partial charge < -0.3 is 9.63 Å². The third-order valence-corrected chi connectivity index (χ3v) is 7.23. The second-order valence-electron chi connectivity index (χ2n) is 8.11. The minimum absolute atomic E-state index is 0.140. The Hall–Kier alpha value is -2.55. The van der Waals surface area contributed by atoms with Gasteiger partial charge in [0.2, 0.25) is 5.89 Å². The molecule has 8 heteroatoms. The Labute approximate surface area is 182 Å². The summed E-state index contributed by atoms with van der Waals surface area (Å²) in [6.07, 6.45) is 1.92. The summed E-state index contributed by atoms with van der Waals surface area (Å²) in [6.45, 7) is 3.23. The fourth-order valence-electron chi connectivity index (χ4n) is 3.97. The van der Waals surface area contributed by atoms with Crippen LogP contribution in [0, 0.1) is 6.92 Å². The number of nitrogens with zero attached hydrogens (tertiary/aromatic N) is 3. The van der Waals surface area contributed by atoms with Crippen LogP contribution >= 0.6 is 0 Å². The lowest BCUT2D eigenvalue weighted by atomic mass is 10.1. The van der Waals surface area contributed by atoms with Crippen LogP contribution in [0.2, 0.25) is 0 Å². The topological polar surface area (TPSA) is 96.5 Å². The Morgan fingerprint density at radius 2 is 1.87 bits per heavy atom. The van der Waals surface area contributed by atoms with Gasteiger partial charge in [-0.2, -0.15) is 4.98 Å². The molecule has 7 nitrogen and oxygen atoms in total. The van der Waals surface area contributed by atoms with E-state index in [0.717, 1.165) is 24.9 Å². The number of benzene rings is 2. The van der Waals surface area contributed by atoms with Gasteiger partial charge in [0.15, 0.2) is 15.7 Å². The van der Waals surface area contributed by atoms with E-state index in [0.29, 0.717) is 18.9 Å². The van der Waals surface area contributed by atoms with Crippen molar-refractivity contribution in [1.29, 1.82) is 0 Å². The van der Waals surface area contributed by atoms with Gasteiger partial charge >= 0.3 is 0 Å². The van der Waals surface area contributed by atoms with Crippen molar-refractivity contribution >= 4 is 9.84 Å². The predicted molar refractivity (Wildman–Crippen MR) is 116 cm³/mol. The summed E-state index contributed by atoms with van der Waals surface area (Å²) in [6, 6.07) is 16.8. The third kappa shape index (κ3) is 5.39. The molecule has 0 saturated carbocycles. The molecule has 4 rings (SSSR count). The Balaban J connectivity index is 1.41. The number of likely N-dealkylation sites (tertiary alicyclic amines) is 1. The average molecular weight is 442 g/mol. The Morgan fingerprint density at radius 1 is 1.13 bits per heavy atom. The molecule has 2 aromatic carbocycles. The molecule has 1 aliphatic heterocycles. The first-order valence-corrected chi connectivity index (χ1v) is 12.1. The average Bonchev–Trinajstić information content (AvgIpc) is 3.35. The standard InChI is InChI=1S/C23H27N3O4S/c1-17-9-11-20(12-10-17)31(28,29)16-22-24-23(30-25-22)21-14-19(27)15-26(21)13-5-8-18-6-3-2-4-7-18/h2-4,6-7,9-12,19,21,27H,5,8,13-16H2,1H3/t19-,21+/m1/s1. The van der Waals surface area contributed by atoms with Gasteiger partial charge in [-0.15, -0.1) is 0 Å². The number of aliphatic hydroxyl groups is 1. The highest BCUT2D eigenvalue weighted by Gasteiger charge is 2.35. The zero-order valence-corrected chi connectivity index (χ0v) is 18.3. The largest absolute Gasteiger partial charge is 0.392 e. The number of aliphatic hydroxyl groups excluding tert-OH is 1. The molecular weight excluding hydrogens is 414 g/mol. The normalized spacial score (nSPS) is 19.7. The van der Waals surface area contributed by atoms with Gasteiger partial charge in [-0.1, -0.05) is 53.2 Å². The van der Waals surface area contributed by atoms with Crippen molar-refractivity contribution in [2.45, 2.75) is 49.0 Å². The SMILES string of the molecule is Cc1ccc(S(=O)(=O)Cc2noc([C@@H]3C[C@@H](O)CN3CCCc3ccccc3)n2)cc1. The summed E-state index contributed by atoms with van der Waals surface area (Å²) in [5, 5.41) is 14.1. The summed E-state index contributed by atoms with van der Waals surface area (Å²) in [7, 11) is -3.56. The molecule has 31 heavy (non-hydrogen) atoms. The molecule has 2 atom stereocenters. The molecule has 0 spiro atoms. The van der Waals surface area contributed by atoms with Crippen LogP contribution in [0.25, 0.3) is 0 Å². The summed E-state index contributed by atoms with van der Waals surface area (Å²) in [5.74, 6) is 0.189. The van der Waals surface area contributed by atoms with E-state index in [1.54, 1.807) is 24.3 Å². The lowest BCUT2D eigenvalue weighted by Crippen LogP contribution is -2.26. The number of rotatable bonds is 8. The fraction of sp³-hybridized carbons (Fsp3) is 0.391. The highest BCUT2D eigenvalue weighted by molar-refractivity contribution is 7.90. The van der Waals surface area contributed by atoms with E-state index in [4.69, 9.17) is 4.52 Å². The Bertz CT molecular complexity index is 1100. The highest BCUT2D eigenvalue weighted by atomic mass is 32.2. The van der Waals surface area contributed by atoms with Gasteiger partial charge in [0.1, 0.15) is 5.75 Å². The van der Waals surface area contributed by atoms with E-state index >= 15 is 0 Å². The van der Waals surface area contributed by atoms with Gasteiger partial charge in [-0.05, 0) is 50.4 Å². The van der Waals surface area contributed by atoms with Gasteiger partial charge in [-0.3, -0.25) is 4.90 Å². The van der Waals surface area contributed by atoms with Gasteiger partial charge in [-0.25, -0.2) is 8.42 Å². The molecule has 1 aliphatic rings. The number of β-amino-alcohol motifs (C(OH)–C–C–N with tert-alkyl or cyclic N) is 1. The zero-order chi connectivity index (χ0) is 21.8. The third-order valence-electron chi connectivity index (χ3n) is 5.60. The van der Waals surface area contributed by atoms with Gasteiger partial charge in [0, 0.05) is 6.54 Å². The van der Waals surface area contributed by atoms with Gasteiger partial charge in [0.05, 0.1) is 17.0 Å². The van der Waals surface area contributed by atoms with Crippen molar-refractivity contribution in [2.75, 3.05) is 13.1 Å². The van der Waals surface area contributed by atoms with Crippen LogP contribution in [0.3, 0.4) is 0 Å². The van der Waals surface area contributed by atoms with Crippen molar-refractivity contribution in [3.05, 3.63) is 77.4 Å². The second kappa shape index (κ2) is 9.30. The van der Waals surface area contributed by atoms with Gasteiger partial charge in [0.25, 0.3) is 0 Å². The number of aromatic nitrogens is 2. The van der Waals surface area contributed by atoms with Crippen molar-refractivity contribution in [1.82, 2.24) is 15.0 Å². The van der Waals surface area contributed by atoms with Crippen LogP contribution in [-0.2, 0) is 22.0 Å². The van der Waals surface area contributed by atoms with E-state index in [-0.39, 0.29) is 22.5 Å². The molecule has 0 bridgehead atoms. The quantitative estimate of drug-likeness (QED) is 0.574. The highest BCUT2D eigenvalue weighted by Crippen LogP contribution is 2.31. The molecule has 3 aromatic rings. The first-order valence-electron chi connectivity index (χ1n) is 10.5. The summed E-state index contributed by atoms with van der Waals surface area (Å²) in [5.41, 5.74) is 2.27. The smallest absolute Gasteiger partial charge is 0.244 e. The molecule has 1 saturated heterocycles. The fourth-order valence-corrected chi connectivity index (χ4v) is 5.15. The summed E-state index contributed by atoms with van der Waals surface area (Å²) < 4.78 is 30.7. The summed E-state index contributed by atoms with van der Waals surface area (Å²) in [4.78, 5) is 6.74. The first-order chi connectivity index (χ1) is 14.9. The maximum absolute atomic E-state index is 12.7. The van der Waals surface area contributed by atoms with Crippen molar-refractivity contribution in [3.63, 3.8) is 0 Å². The van der Waals surface area contributed by atoms with E-state index in [1.165, 1.54) is 5.56 Å². The maximum Gasteiger partial charge on any atom is 0.244 e. The molecule has 2 heterocycles. The minimum Gasteiger partial charge on any atom is -0.392 e. The van der Waals surface area contributed by atoms with Crippen LogP contribution in [-0.4, -0.2) is 47.8 Å². The number of hydrogen-bond acceptors (Lipinski definition) is 7. The van der Waals surface area contributed by atoms with Crippen LogP contribution in [0.5, 0.6) is 0 Å². The molecule has 1 N–H and O–H groups in total. The second-order valence-corrected chi connectivity index (χ2v) is 10.1. The molecule has 0 radical (unpaired) electrons. The van der Waals surface area contributed by atoms with Crippen LogP contribution in [0.15, 0.2) is 64.0 Å². The predicted octanol–water partition coefficient (Wildman–Crippen LogP) is 3.09. The van der Waals surface area contributed by atoms with Crippen molar-refractivity contribution in [2.24, 2.45) is 0 Å². The maximum atomic E-state index is 12.7. The monoisotopic (exact) mass is 441 g/mol. The number of sulfone groups is 1. The van der Waals surface area contributed by atoms with E-state index in [2.05, 4.69) is 27.2 Å². The molecular formula is C23H27N3O4S. The number of aryl methyl sites for hydroxylation is 2. The summed E-state index contributed by atoms with van der Waals surface area (Å²) >= 11 is 0. The van der Waals surface area contributed by atoms with Crippen LogP contribution < -0.4 is 0 Å². The molecule has 1 aromatic heterocycles. The van der Waals surface area contributed by atoms with E-state index < -0.39 is 15.9 Å². The molecule has 0 amide bonds. The van der Waals surface area contributed by atoms with Crippen molar-refractivity contribution < 1.29 is 18.0 Å². The number of hydrogen-bond donors (Lipinski definition) is 1. The molecule has 0 aliphatic carbocycles. The Morgan fingerprint density at radius 3 is 2.61 bits per heavy atom. The first kappa shape index (κ1) is 21.7. The van der Waals surface area contributed by atoms with Crippen LogP contribution in [0.4, 0.5) is 0 Å². The van der Waals surface area contributed by atoms with Crippen molar-refractivity contribution in [3.8, 4) is 0 Å². The van der Waals surface area contributed by atoms with E-state index in [1.807, 2.05) is 25.1 Å². The molecule has 0 unspecified atom stereocenters.